The van der Waals surface area contributed by atoms with E-state index in [0.717, 1.165) is 10.0 Å². The van der Waals surface area contributed by atoms with Gasteiger partial charge in [0.15, 0.2) is 0 Å². The molecule has 0 spiro atoms. The summed E-state index contributed by atoms with van der Waals surface area (Å²) < 4.78 is 0.850. The number of carbonyl (C=O) groups is 1. The van der Waals surface area contributed by atoms with Gasteiger partial charge in [0.2, 0.25) is 5.91 Å². The van der Waals surface area contributed by atoms with Crippen LogP contribution in [0, 0.1) is 0 Å². The summed E-state index contributed by atoms with van der Waals surface area (Å²) in [5.41, 5.74) is 7.20. The highest BCUT2D eigenvalue weighted by atomic mass is 79.9. The van der Waals surface area contributed by atoms with Gasteiger partial charge in [-0.05, 0) is 23.8 Å². The third kappa shape index (κ3) is 3.56. The van der Waals surface area contributed by atoms with Crippen molar-refractivity contribution in [1.29, 1.82) is 0 Å². The minimum Gasteiger partial charge on any atom is -0.323 e. The quantitative estimate of drug-likeness (QED) is 0.895. The fourth-order valence-corrected chi connectivity index (χ4v) is 2.33. The maximum atomic E-state index is 12.0. The number of nitrogens with two attached hydrogens (primary N) is 1. The summed E-state index contributed by atoms with van der Waals surface area (Å²) in [5.74, 6) is -0.296. The molecular weight excluding hydrogens is 328 g/mol. The van der Waals surface area contributed by atoms with E-state index < -0.39 is 6.04 Å². The van der Waals surface area contributed by atoms with Gasteiger partial charge in [0.25, 0.3) is 0 Å². The van der Waals surface area contributed by atoms with Gasteiger partial charge in [-0.25, -0.2) is 0 Å². The summed E-state index contributed by atoms with van der Waals surface area (Å²) in [6.45, 7) is 0. The zero-order valence-corrected chi connectivity index (χ0v) is 12.3. The fraction of sp³-hybridized carbons (Fsp3) is 0.0714. The summed E-state index contributed by atoms with van der Waals surface area (Å²) in [6.07, 6.45) is 0. The van der Waals surface area contributed by atoms with E-state index in [4.69, 9.17) is 17.3 Å². The molecule has 0 saturated carbocycles. The van der Waals surface area contributed by atoms with E-state index in [0.29, 0.717) is 10.7 Å². The second-order valence-electron chi connectivity index (χ2n) is 4.00. The van der Waals surface area contributed by atoms with Crippen molar-refractivity contribution in [1.82, 2.24) is 0 Å². The molecule has 5 heteroatoms. The van der Waals surface area contributed by atoms with Crippen LogP contribution in [-0.2, 0) is 4.79 Å². The molecule has 0 aromatic heterocycles. The average Bonchev–Trinajstić information content (AvgIpc) is 2.42. The summed E-state index contributed by atoms with van der Waals surface area (Å²) >= 11 is 9.35. The predicted octanol–water partition coefficient (Wildman–Crippen LogP) is 3.74. The Morgan fingerprint density at radius 3 is 2.53 bits per heavy atom. The van der Waals surface area contributed by atoms with Crippen LogP contribution in [-0.4, -0.2) is 5.91 Å². The topological polar surface area (TPSA) is 55.1 Å². The minimum absolute atomic E-state index is 0.296. The Morgan fingerprint density at radius 2 is 1.89 bits per heavy atom. The first-order valence-electron chi connectivity index (χ1n) is 5.64. The number of carbonyl (C=O) groups excluding carboxylic acids is 1. The lowest BCUT2D eigenvalue weighted by Crippen LogP contribution is -2.27. The number of hydrogen-bond donors (Lipinski definition) is 2. The number of benzene rings is 2. The summed E-state index contributed by atoms with van der Waals surface area (Å²) in [4.78, 5) is 12.0. The van der Waals surface area contributed by atoms with E-state index in [9.17, 15) is 4.79 Å². The lowest BCUT2D eigenvalue weighted by Gasteiger charge is -2.13. The van der Waals surface area contributed by atoms with Crippen molar-refractivity contribution in [3.8, 4) is 0 Å². The van der Waals surface area contributed by atoms with Gasteiger partial charge < -0.3 is 11.1 Å². The second kappa shape index (κ2) is 6.19. The van der Waals surface area contributed by atoms with Crippen LogP contribution in [0.15, 0.2) is 53.0 Å². The Hall–Kier alpha value is -1.36. The van der Waals surface area contributed by atoms with Crippen LogP contribution in [0.2, 0.25) is 5.02 Å². The first kappa shape index (κ1) is 14.1. The van der Waals surface area contributed by atoms with Crippen LogP contribution in [0.4, 0.5) is 5.69 Å². The molecule has 2 aromatic carbocycles. The largest absolute Gasteiger partial charge is 0.323 e. The van der Waals surface area contributed by atoms with E-state index in [2.05, 4.69) is 21.2 Å². The maximum absolute atomic E-state index is 12.0. The van der Waals surface area contributed by atoms with Gasteiger partial charge in [0.1, 0.15) is 6.04 Å². The van der Waals surface area contributed by atoms with E-state index in [-0.39, 0.29) is 5.91 Å². The Bertz CT molecular complexity index is 589. The SMILES string of the molecule is N[C@@H](C(=O)Nc1ccc(Br)cc1Cl)c1ccccc1. The van der Waals surface area contributed by atoms with Crippen molar-refractivity contribution in [2.24, 2.45) is 5.73 Å². The van der Waals surface area contributed by atoms with Gasteiger partial charge in [-0.1, -0.05) is 57.9 Å². The lowest BCUT2D eigenvalue weighted by atomic mass is 10.1. The molecule has 2 aromatic rings. The van der Waals surface area contributed by atoms with Gasteiger partial charge in [0, 0.05) is 4.47 Å². The van der Waals surface area contributed by atoms with Crippen LogP contribution < -0.4 is 11.1 Å². The summed E-state index contributed by atoms with van der Waals surface area (Å²) in [5, 5.41) is 3.18. The van der Waals surface area contributed by atoms with Crippen molar-refractivity contribution < 1.29 is 4.79 Å². The van der Waals surface area contributed by atoms with E-state index in [1.54, 1.807) is 18.2 Å². The van der Waals surface area contributed by atoms with Crippen LogP contribution >= 0.6 is 27.5 Å². The van der Waals surface area contributed by atoms with Crippen LogP contribution in [0.25, 0.3) is 0 Å². The fourth-order valence-electron chi connectivity index (χ4n) is 1.61. The monoisotopic (exact) mass is 338 g/mol. The minimum atomic E-state index is -0.721. The number of rotatable bonds is 3. The average molecular weight is 340 g/mol. The molecule has 0 radical (unpaired) electrons. The zero-order chi connectivity index (χ0) is 13.8. The molecule has 0 saturated heterocycles. The normalized spacial score (nSPS) is 11.9. The molecule has 0 unspecified atom stereocenters. The van der Waals surface area contributed by atoms with Gasteiger partial charge in [-0.15, -0.1) is 0 Å². The number of nitrogens with one attached hydrogen (secondary N) is 1. The molecule has 98 valence electrons. The van der Waals surface area contributed by atoms with E-state index >= 15 is 0 Å². The Labute approximate surface area is 124 Å². The van der Waals surface area contributed by atoms with Gasteiger partial charge in [0.05, 0.1) is 10.7 Å². The molecule has 0 aliphatic rings. The van der Waals surface area contributed by atoms with Crippen molar-refractivity contribution in [3.05, 3.63) is 63.6 Å². The zero-order valence-electron chi connectivity index (χ0n) is 9.94. The van der Waals surface area contributed by atoms with Gasteiger partial charge in [-0.2, -0.15) is 0 Å². The third-order valence-electron chi connectivity index (χ3n) is 2.63. The molecule has 0 aliphatic carbocycles. The molecular formula is C14H12BrClN2O. The Morgan fingerprint density at radius 1 is 1.21 bits per heavy atom. The van der Waals surface area contributed by atoms with Crippen molar-refractivity contribution >= 4 is 39.1 Å². The highest BCUT2D eigenvalue weighted by Gasteiger charge is 2.16. The number of hydrogen-bond acceptors (Lipinski definition) is 2. The number of anilines is 1. The Kier molecular flexibility index (Phi) is 4.58. The molecule has 0 fully saturated rings. The van der Waals surface area contributed by atoms with Crippen LogP contribution in [0.1, 0.15) is 11.6 Å². The molecule has 1 atom stereocenters. The first-order chi connectivity index (χ1) is 9.08. The molecule has 2 rings (SSSR count). The summed E-state index contributed by atoms with van der Waals surface area (Å²) in [6, 6.07) is 13.7. The molecule has 1 amide bonds. The van der Waals surface area contributed by atoms with Gasteiger partial charge >= 0.3 is 0 Å². The Balaban J connectivity index is 2.13. The molecule has 19 heavy (non-hydrogen) atoms. The van der Waals surface area contributed by atoms with Crippen LogP contribution in [0.5, 0.6) is 0 Å². The molecule has 3 nitrogen and oxygen atoms in total. The summed E-state index contributed by atoms with van der Waals surface area (Å²) in [7, 11) is 0. The third-order valence-corrected chi connectivity index (χ3v) is 3.44. The lowest BCUT2D eigenvalue weighted by molar-refractivity contribution is -0.117. The smallest absolute Gasteiger partial charge is 0.245 e. The van der Waals surface area contributed by atoms with Crippen molar-refractivity contribution in [2.75, 3.05) is 5.32 Å². The second-order valence-corrected chi connectivity index (χ2v) is 5.32. The van der Waals surface area contributed by atoms with Crippen molar-refractivity contribution in [2.45, 2.75) is 6.04 Å². The van der Waals surface area contributed by atoms with E-state index in [1.807, 2.05) is 30.3 Å². The first-order valence-corrected chi connectivity index (χ1v) is 6.81. The molecule has 0 aliphatic heterocycles. The molecule has 0 bridgehead atoms. The van der Waals surface area contributed by atoms with E-state index in [1.165, 1.54) is 0 Å². The van der Waals surface area contributed by atoms with Crippen LogP contribution in [0.3, 0.4) is 0 Å². The highest BCUT2D eigenvalue weighted by Crippen LogP contribution is 2.26. The van der Waals surface area contributed by atoms with Gasteiger partial charge in [-0.3, -0.25) is 4.79 Å². The number of amides is 1. The molecule has 3 N–H and O–H groups in total. The predicted molar refractivity (Wildman–Crippen MR) is 81.2 cm³/mol. The number of halogens is 2. The highest BCUT2D eigenvalue weighted by molar-refractivity contribution is 9.10. The standard InChI is InChI=1S/C14H12BrClN2O/c15-10-6-7-12(11(16)8-10)18-14(19)13(17)9-4-2-1-3-5-9/h1-8,13H,17H2,(H,18,19)/t13-/m1/s1. The maximum Gasteiger partial charge on any atom is 0.245 e. The van der Waals surface area contributed by atoms with Crippen molar-refractivity contribution in [3.63, 3.8) is 0 Å². The molecule has 0 heterocycles.